The van der Waals surface area contributed by atoms with E-state index in [1.165, 1.54) is 20.8 Å². The molecule has 202 valence electrons. The molecule has 1 amide bonds. The van der Waals surface area contributed by atoms with Crippen LogP contribution in [0.25, 0.3) is 0 Å². The summed E-state index contributed by atoms with van der Waals surface area (Å²) in [6, 6.07) is -0.900. The van der Waals surface area contributed by atoms with E-state index in [1.807, 2.05) is 0 Å². The lowest BCUT2D eigenvalue weighted by Gasteiger charge is -2.54. The van der Waals surface area contributed by atoms with Crippen molar-refractivity contribution in [3.05, 3.63) is 11.8 Å². The Morgan fingerprint density at radius 3 is 2.29 bits per heavy atom. The summed E-state index contributed by atoms with van der Waals surface area (Å²) in [7, 11) is -5.33. The Balaban J connectivity index is 2.30. The molecular weight excluding hydrogens is 494 g/mol. The Kier molecular flexibility index (Phi) is 8.61. The number of hydrogen-bond acceptors (Lipinski definition) is 12. The molecule has 0 bridgehead atoms. The number of nitrogens with one attached hydrogen (secondary N) is 1. The lowest BCUT2D eigenvalue weighted by atomic mass is 9.70. The minimum absolute atomic E-state index is 0.358. The third-order valence-electron chi connectivity index (χ3n) is 6.26. The monoisotopic (exact) mass is 526 g/mol. The quantitative estimate of drug-likeness (QED) is 0.162. The van der Waals surface area contributed by atoms with Gasteiger partial charge in [-0.15, -0.1) is 0 Å². The maximum atomic E-state index is 11.7. The number of aliphatic hydroxyl groups is 3. The highest BCUT2D eigenvalue weighted by Crippen LogP contribution is 2.42. The van der Waals surface area contributed by atoms with Crippen molar-refractivity contribution in [2.24, 2.45) is 5.41 Å². The van der Waals surface area contributed by atoms with E-state index in [0.717, 1.165) is 0 Å². The van der Waals surface area contributed by atoms with Crippen LogP contribution in [0, 0.1) is 5.41 Å². The van der Waals surface area contributed by atoms with E-state index in [1.54, 1.807) is 13.8 Å². The molecule has 2 aliphatic heterocycles. The SMILES string of the molecule is CC(=O)NC1[C@H](O)[C@](C)(COC[C@@]2(C)OC(C(=O)O)=C[C@@H](O)C2OS(=O)(=O)[O-])C(CO)OC1(C)C. The molecule has 2 heterocycles. The van der Waals surface area contributed by atoms with Gasteiger partial charge >= 0.3 is 5.97 Å². The first-order chi connectivity index (χ1) is 15.9. The zero-order chi connectivity index (χ0) is 27.0. The van der Waals surface area contributed by atoms with Crippen LogP contribution in [0.5, 0.6) is 0 Å². The van der Waals surface area contributed by atoms with Gasteiger partial charge in [-0.3, -0.25) is 8.98 Å². The molecule has 14 nitrogen and oxygen atoms in total. The van der Waals surface area contributed by atoms with Crippen LogP contribution in [0.15, 0.2) is 11.8 Å². The lowest BCUT2D eigenvalue weighted by molar-refractivity contribution is -0.257. The summed E-state index contributed by atoms with van der Waals surface area (Å²) < 4.78 is 54.9. The van der Waals surface area contributed by atoms with Crippen LogP contribution >= 0.6 is 0 Å². The van der Waals surface area contributed by atoms with Gasteiger partial charge in [-0.2, -0.15) is 0 Å². The summed E-state index contributed by atoms with van der Waals surface area (Å²) in [4.78, 5) is 23.1. The Morgan fingerprint density at radius 2 is 1.80 bits per heavy atom. The van der Waals surface area contributed by atoms with Crippen molar-refractivity contribution in [3.8, 4) is 0 Å². The summed E-state index contributed by atoms with van der Waals surface area (Å²) in [6.07, 6.45) is -5.27. The molecule has 0 aromatic heterocycles. The van der Waals surface area contributed by atoms with Gasteiger partial charge in [-0.1, -0.05) is 6.92 Å². The first-order valence-electron chi connectivity index (χ1n) is 10.6. The molecule has 0 spiro atoms. The van der Waals surface area contributed by atoms with E-state index in [4.69, 9.17) is 14.2 Å². The zero-order valence-corrected chi connectivity index (χ0v) is 20.8. The fourth-order valence-electron chi connectivity index (χ4n) is 4.35. The van der Waals surface area contributed by atoms with Crippen molar-refractivity contribution < 1.29 is 61.4 Å². The van der Waals surface area contributed by atoms with E-state index in [-0.39, 0.29) is 6.61 Å². The second kappa shape index (κ2) is 10.3. The third kappa shape index (κ3) is 6.48. The van der Waals surface area contributed by atoms with Crippen molar-refractivity contribution in [3.63, 3.8) is 0 Å². The minimum atomic E-state index is -5.33. The highest BCUT2D eigenvalue weighted by Gasteiger charge is 2.57. The van der Waals surface area contributed by atoms with Gasteiger partial charge in [0.25, 0.3) is 0 Å². The molecule has 1 fully saturated rings. The summed E-state index contributed by atoms with van der Waals surface area (Å²) in [6.45, 7) is 5.73. The second-order valence-corrected chi connectivity index (χ2v) is 10.7. The fraction of sp³-hybridized carbons (Fsp3) is 0.800. The van der Waals surface area contributed by atoms with E-state index in [0.29, 0.717) is 6.08 Å². The molecule has 35 heavy (non-hydrogen) atoms. The number of carboxylic acids is 1. The number of aliphatic hydroxyl groups excluding tert-OH is 3. The maximum Gasteiger partial charge on any atom is 0.370 e. The van der Waals surface area contributed by atoms with Crippen LogP contribution in [0.3, 0.4) is 0 Å². The number of aliphatic carboxylic acids is 1. The van der Waals surface area contributed by atoms with E-state index < -0.39 is 88.3 Å². The average molecular weight is 527 g/mol. The highest BCUT2D eigenvalue weighted by molar-refractivity contribution is 7.80. The predicted molar refractivity (Wildman–Crippen MR) is 114 cm³/mol. The standard InChI is InChI=1S/C20H33NO13S/c1-10(23)21-14-15(25)19(4,13(7-22)33-18(14,2)3)8-31-9-20(5)16(34-35(28,29)30)11(24)6-12(32-20)17(26)27/h6,11,13-16,22,24-25H,7-9H2,1-5H3,(H,21,23)(H,26,27)(H,28,29,30)/p-1/t11-,13?,14?,15+,16?,19-,20-/m1/s1. The van der Waals surface area contributed by atoms with Gasteiger partial charge in [0.2, 0.25) is 22.1 Å². The number of carbonyl (C=O) groups is 2. The maximum absolute atomic E-state index is 11.7. The van der Waals surface area contributed by atoms with Gasteiger partial charge in [-0.25, -0.2) is 13.2 Å². The van der Waals surface area contributed by atoms with Gasteiger partial charge in [0.05, 0.1) is 43.7 Å². The molecule has 0 radical (unpaired) electrons. The topological polar surface area (TPSA) is 221 Å². The molecule has 3 unspecified atom stereocenters. The summed E-state index contributed by atoms with van der Waals surface area (Å²) >= 11 is 0. The average Bonchev–Trinajstić information content (AvgIpc) is 2.70. The minimum Gasteiger partial charge on any atom is -0.726 e. The number of ether oxygens (including phenoxy) is 3. The normalized spacial score (nSPS) is 37.2. The molecule has 0 aromatic carbocycles. The smallest absolute Gasteiger partial charge is 0.370 e. The number of amides is 1. The van der Waals surface area contributed by atoms with E-state index in [9.17, 15) is 43.0 Å². The molecule has 0 aliphatic carbocycles. The van der Waals surface area contributed by atoms with Crippen molar-refractivity contribution >= 4 is 22.3 Å². The van der Waals surface area contributed by atoms with Gasteiger partial charge in [0, 0.05) is 12.3 Å². The van der Waals surface area contributed by atoms with Crippen molar-refractivity contribution in [2.75, 3.05) is 19.8 Å². The number of rotatable bonds is 9. The third-order valence-corrected chi connectivity index (χ3v) is 6.70. The number of hydrogen-bond donors (Lipinski definition) is 5. The number of carbonyl (C=O) groups excluding carboxylic acids is 1. The second-order valence-electron chi connectivity index (χ2n) is 9.68. The van der Waals surface area contributed by atoms with Crippen molar-refractivity contribution in [2.45, 2.75) is 76.3 Å². The molecule has 2 aliphatic rings. The van der Waals surface area contributed by atoms with Gasteiger partial charge in [0.1, 0.15) is 12.2 Å². The molecular formula is C20H32NO13S-. The molecule has 15 heteroatoms. The van der Waals surface area contributed by atoms with Crippen LogP contribution in [-0.2, 0) is 38.4 Å². The van der Waals surface area contributed by atoms with Gasteiger partial charge in [0.15, 0.2) is 5.60 Å². The summed E-state index contributed by atoms with van der Waals surface area (Å²) in [5.74, 6) is -2.72. The lowest BCUT2D eigenvalue weighted by Crippen LogP contribution is -2.70. The van der Waals surface area contributed by atoms with E-state index in [2.05, 4.69) is 9.50 Å². The molecule has 5 N–H and O–H groups in total. The van der Waals surface area contributed by atoms with Crippen molar-refractivity contribution in [1.82, 2.24) is 5.32 Å². The molecule has 7 atom stereocenters. The van der Waals surface area contributed by atoms with Crippen LogP contribution in [0.4, 0.5) is 0 Å². The zero-order valence-electron chi connectivity index (χ0n) is 20.0. The number of carboxylic acid groups (broad SMARTS) is 1. The van der Waals surface area contributed by atoms with Crippen LogP contribution in [0.1, 0.15) is 34.6 Å². The Morgan fingerprint density at radius 1 is 1.20 bits per heavy atom. The molecule has 1 saturated heterocycles. The van der Waals surface area contributed by atoms with Crippen LogP contribution in [-0.4, -0.2) is 107 Å². The highest BCUT2D eigenvalue weighted by atomic mass is 32.3. The Bertz CT molecular complexity index is 951. The fourth-order valence-corrected chi connectivity index (χ4v) is 4.93. The summed E-state index contributed by atoms with van der Waals surface area (Å²) in [5.41, 5.74) is -4.36. The Hall–Kier alpha value is -1.85. The first kappa shape index (κ1) is 29.4. The van der Waals surface area contributed by atoms with Crippen LogP contribution < -0.4 is 5.32 Å². The summed E-state index contributed by atoms with van der Waals surface area (Å²) in [5, 5.41) is 43.2. The molecule has 0 aromatic rings. The van der Waals surface area contributed by atoms with Crippen molar-refractivity contribution in [1.29, 1.82) is 0 Å². The van der Waals surface area contributed by atoms with Gasteiger partial charge in [-0.05, 0) is 26.8 Å². The Labute approximate surface area is 202 Å². The largest absolute Gasteiger partial charge is 0.726 e. The molecule has 0 saturated carbocycles. The predicted octanol–water partition coefficient (Wildman–Crippen LogP) is -1.99. The molecule has 2 rings (SSSR count). The van der Waals surface area contributed by atoms with E-state index >= 15 is 0 Å². The first-order valence-corrected chi connectivity index (χ1v) is 12.0. The van der Waals surface area contributed by atoms with Gasteiger partial charge < -0.3 is 44.5 Å². The van der Waals surface area contributed by atoms with Crippen LogP contribution in [0.2, 0.25) is 0 Å².